The van der Waals surface area contributed by atoms with Crippen molar-refractivity contribution in [3.63, 3.8) is 0 Å². The quantitative estimate of drug-likeness (QED) is 0.662. The Morgan fingerprint density at radius 1 is 1.12 bits per heavy atom. The Morgan fingerprint density at radius 3 is 2.56 bits per heavy atom. The molecule has 3 aromatic rings. The van der Waals surface area contributed by atoms with Crippen molar-refractivity contribution in [3.8, 4) is 5.75 Å². The lowest BCUT2D eigenvalue weighted by Gasteiger charge is -2.18. The van der Waals surface area contributed by atoms with Gasteiger partial charge in [-0.3, -0.25) is 4.79 Å². The first-order chi connectivity index (χ1) is 12.1. The minimum absolute atomic E-state index is 0.0858. The van der Waals surface area contributed by atoms with Crippen molar-refractivity contribution < 1.29 is 9.53 Å². The van der Waals surface area contributed by atoms with Crippen LogP contribution >= 0.6 is 22.9 Å². The number of para-hydroxylation sites is 1. The van der Waals surface area contributed by atoms with Crippen molar-refractivity contribution >= 4 is 28.8 Å². The zero-order valence-corrected chi connectivity index (χ0v) is 15.3. The molecule has 2 aromatic carbocycles. The van der Waals surface area contributed by atoms with Gasteiger partial charge < -0.3 is 10.1 Å². The molecular weight excluding hydrogens is 354 g/mol. The summed E-state index contributed by atoms with van der Waals surface area (Å²) in [6.07, 6.45) is 0. The van der Waals surface area contributed by atoms with E-state index in [4.69, 9.17) is 16.3 Å². The van der Waals surface area contributed by atoms with Crippen LogP contribution in [0, 0.1) is 6.92 Å². The van der Waals surface area contributed by atoms with Crippen LogP contribution in [0.1, 0.15) is 22.0 Å². The minimum atomic E-state index is -0.195. The van der Waals surface area contributed by atoms with Gasteiger partial charge in [-0.1, -0.05) is 59.6 Å². The number of halogens is 1. The molecule has 3 rings (SSSR count). The second-order valence-electron chi connectivity index (χ2n) is 5.65. The van der Waals surface area contributed by atoms with Crippen molar-refractivity contribution in [2.75, 3.05) is 6.61 Å². The van der Waals surface area contributed by atoms with Gasteiger partial charge >= 0.3 is 0 Å². The van der Waals surface area contributed by atoms with E-state index in [1.807, 2.05) is 60.8 Å². The van der Waals surface area contributed by atoms with Crippen molar-refractivity contribution in [1.29, 1.82) is 0 Å². The van der Waals surface area contributed by atoms with E-state index in [0.29, 0.717) is 10.8 Å². The van der Waals surface area contributed by atoms with Gasteiger partial charge in [0.15, 0.2) is 6.61 Å². The van der Waals surface area contributed by atoms with E-state index in [2.05, 4.69) is 5.32 Å². The molecule has 0 fully saturated rings. The third kappa shape index (κ3) is 4.62. The summed E-state index contributed by atoms with van der Waals surface area (Å²) in [6.45, 7) is 1.96. The van der Waals surface area contributed by atoms with Gasteiger partial charge in [0.1, 0.15) is 5.75 Å². The number of ether oxygens (including phenoxy) is 1. The highest BCUT2D eigenvalue weighted by Gasteiger charge is 2.18. The summed E-state index contributed by atoms with van der Waals surface area (Å²) in [5.41, 5.74) is 2.22. The Hall–Kier alpha value is -2.30. The van der Waals surface area contributed by atoms with Crippen LogP contribution in [-0.2, 0) is 4.79 Å². The topological polar surface area (TPSA) is 38.3 Å². The molecule has 128 valence electrons. The SMILES string of the molecule is Cc1ccc([C@H](NC(=O)COc2ccccc2Cl)c2cccs2)cc1. The number of amides is 1. The predicted octanol–water partition coefficient (Wildman–Crippen LogP) is 4.99. The Morgan fingerprint density at radius 2 is 1.88 bits per heavy atom. The van der Waals surface area contributed by atoms with E-state index in [0.717, 1.165) is 10.4 Å². The van der Waals surface area contributed by atoms with Crippen LogP contribution < -0.4 is 10.1 Å². The Balaban J connectivity index is 1.71. The molecule has 25 heavy (non-hydrogen) atoms. The van der Waals surface area contributed by atoms with E-state index in [1.54, 1.807) is 23.5 Å². The van der Waals surface area contributed by atoms with E-state index in [-0.39, 0.29) is 18.6 Å². The fourth-order valence-corrected chi connectivity index (χ4v) is 3.43. The lowest BCUT2D eigenvalue weighted by molar-refractivity contribution is -0.123. The summed E-state index contributed by atoms with van der Waals surface area (Å²) < 4.78 is 5.53. The number of hydrogen-bond donors (Lipinski definition) is 1. The Bertz CT molecular complexity index is 831. The molecule has 0 radical (unpaired) electrons. The van der Waals surface area contributed by atoms with Crippen LogP contribution in [0.2, 0.25) is 5.02 Å². The lowest BCUT2D eigenvalue weighted by atomic mass is 10.0. The molecule has 1 atom stereocenters. The molecule has 5 heteroatoms. The predicted molar refractivity (Wildman–Crippen MR) is 102 cm³/mol. The average Bonchev–Trinajstić information content (AvgIpc) is 3.14. The summed E-state index contributed by atoms with van der Waals surface area (Å²) in [6, 6.07) is 19.1. The van der Waals surface area contributed by atoms with Gasteiger partial charge in [0.2, 0.25) is 0 Å². The molecule has 0 aliphatic heterocycles. The average molecular weight is 372 g/mol. The normalized spacial score (nSPS) is 11.8. The van der Waals surface area contributed by atoms with Gasteiger partial charge in [0, 0.05) is 4.88 Å². The number of thiophene rings is 1. The minimum Gasteiger partial charge on any atom is -0.482 e. The standard InChI is InChI=1S/C20H18ClNO2S/c1-14-8-10-15(11-9-14)20(18-7-4-12-25-18)22-19(23)13-24-17-6-3-2-5-16(17)21/h2-12,20H,13H2,1H3,(H,22,23)/t20-/m0/s1. The molecule has 1 amide bonds. The van der Waals surface area contributed by atoms with Crippen LogP contribution in [0.25, 0.3) is 0 Å². The van der Waals surface area contributed by atoms with E-state index >= 15 is 0 Å². The number of rotatable bonds is 6. The fourth-order valence-electron chi connectivity index (χ4n) is 2.44. The van der Waals surface area contributed by atoms with Crippen LogP contribution in [0.15, 0.2) is 66.0 Å². The number of carbonyl (C=O) groups excluding carboxylic acids is 1. The zero-order valence-electron chi connectivity index (χ0n) is 13.7. The molecule has 3 nitrogen and oxygen atoms in total. The van der Waals surface area contributed by atoms with Crippen LogP contribution in [0.5, 0.6) is 5.75 Å². The highest BCUT2D eigenvalue weighted by Crippen LogP contribution is 2.27. The monoisotopic (exact) mass is 371 g/mol. The Labute approximate surface area is 156 Å². The maximum atomic E-state index is 12.4. The molecule has 0 unspecified atom stereocenters. The molecule has 0 saturated heterocycles. The lowest BCUT2D eigenvalue weighted by Crippen LogP contribution is -2.32. The number of benzene rings is 2. The first-order valence-corrected chi connectivity index (χ1v) is 9.16. The summed E-state index contributed by atoms with van der Waals surface area (Å²) in [5.74, 6) is 0.307. The van der Waals surface area contributed by atoms with Gasteiger partial charge in [-0.15, -0.1) is 11.3 Å². The smallest absolute Gasteiger partial charge is 0.258 e. The van der Waals surface area contributed by atoms with E-state index in [1.165, 1.54) is 5.56 Å². The third-order valence-electron chi connectivity index (χ3n) is 3.74. The second kappa shape index (κ2) is 8.19. The van der Waals surface area contributed by atoms with Gasteiger partial charge in [-0.05, 0) is 36.1 Å². The van der Waals surface area contributed by atoms with Crippen molar-refractivity contribution in [2.45, 2.75) is 13.0 Å². The molecular formula is C20H18ClNO2S. The number of carbonyl (C=O) groups is 1. The first kappa shape index (κ1) is 17.5. The van der Waals surface area contributed by atoms with E-state index in [9.17, 15) is 4.79 Å². The molecule has 0 spiro atoms. The van der Waals surface area contributed by atoms with Gasteiger partial charge in [-0.25, -0.2) is 0 Å². The molecule has 1 aromatic heterocycles. The van der Waals surface area contributed by atoms with Crippen LogP contribution in [0.3, 0.4) is 0 Å². The number of aryl methyl sites for hydroxylation is 1. The third-order valence-corrected chi connectivity index (χ3v) is 4.99. The van der Waals surface area contributed by atoms with Crippen LogP contribution in [0.4, 0.5) is 0 Å². The van der Waals surface area contributed by atoms with Crippen LogP contribution in [-0.4, -0.2) is 12.5 Å². The highest BCUT2D eigenvalue weighted by atomic mass is 35.5. The van der Waals surface area contributed by atoms with Crippen molar-refractivity contribution in [2.24, 2.45) is 0 Å². The van der Waals surface area contributed by atoms with Crippen molar-refractivity contribution in [1.82, 2.24) is 5.32 Å². The molecule has 0 bridgehead atoms. The molecule has 0 aliphatic rings. The number of nitrogens with one attached hydrogen (secondary N) is 1. The summed E-state index contributed by atoms with van der Waals surface area (Å²) in [5, 5.41) is 5.54. The summed E-state index contributed by atoms with van der Waals surface area (Å²) in [7, 11) is 0. The molecule has 1 N–H and O–H groups in total. The highest BCUT2D eigenvalue weighted by molar-refractivity contribution is 7.10. The summed E-state index contributed by atoms with van der Waals surface area (Å²) in [4.78, 5) is 13.5. The van der Waals surface area contributed by atoms with E-state index < -0.39 is 0 Å². The molecule has 0 saturated carbocycles. The molecule has 1 heterocycles. The maximum absolute atomic E-state index is 12.4. The van der Waals surface area contributed by atoms with Gasteiger partial charge in [-0.2, -0.15) is 0 Å². The van der Waals surface area contributed by atoms with Gasteiger partial charge in [0.25, 0.3) is 5.91 Å². The summed E-state index contributed by atoms with van der Waals surface area (Å²) >= 11 is 7.66. The second-order valence-corrected chi connectivity index (χ2v) is 7.03. The van der Waals surface area contributed by atoms with Crippen molar-refractivity contribution in [3.05, 3.63) is 87.1 Å². The fraction of sp³-hybridized carbons (Fsp3) is 0.150. The number of hydrogen-bond acceptors (Lipinski definition) is 3. The van der Waals surface area contributed by atoms with Gasteiger partial charge in [0.05, 0.1) is 11.1 Å². The largest absolute Gasteiger partial charge is 0.482 e. The molecule has 0 aliphatic carbocycles. The maximum Gasteiger partial charge on any atom is 0.258 e. The Kier molecular flexibility index (Phi) is 5.74. The first-order valence-electron chi connectivity index (χ1n) is 7.90. The zero-order chi connectivity index (χ0) is 17.6.